The number of nitrogens with one attached hydrogen (secondary N) is 1. The molecule has 3 aromatic rings. The van der Waals surface area contributed by atoms with Crippen molar-refractivity contribution in [1.29, 1.82) is 0 Å². The van der Waals surface area contributed by atoms with Crippen LogP contribution in [0.3, 0.4) is 0 Å². The predicted octanol–water partition coefficient (Wildman–Crippen LogP) is 4.87. The first-order valence-corrected chi connectivity index (χ1v) is 13.5. The number of halogens is 5. The number of aliphatic hydroxyl groups is 1. The van der Waals surface area contributed by atoms with E-state index in [1.54, 1.807) is 0 Å². The first-order chi connectivity index (χ1) is 18.3. The molecule has 0 fully saturated rings. The summed E-state index contributed by atoms with van der Waals surface area (Å²) in [6.07, 6.45) is -5.69. The lowest BCUT2D eigenvalue weighted by atomic mass is 10.0. The van der Waals surface area contributed by atoms with Crippen LogP contribution in [0, 0.1) is 11.7 Å². The summed E-state index contributed by atoms with van der Waals surface area (Å²) in [5, 5.41) is 11.6. The molecule has 0 saturated carbocycles. The van der Waals surface area contributed by atoms with Gasteiger partial charge in [0.2, 0.25) is 5.91 Å². The topological polar surface area (TPSA) is 95.9 Å². The number of benzene rings is 3. The Morgan fingerprint density at radius 1 is 1.18 bits per heavy atom. The van der Waals surface area contributed by atoms with Crippen molar-refractivity contribution in [3.8, 4) is 16.9 Å². The summed E-state index contributed by atoms with van der Waals surface area (Å²) in [6.45, 7) is 0.589. The Morgan fingerprint density at radius 2 is 1.90 bits per heavy atom. The summed E-state index contributed by atoms with van der Waals surface area (Å²) in [5.74, 6) is -1.83. The third-order valence-electron chi connectivity index (χ3n) is 6.13. The molecule has 7 nitrogen and oxygen atoms in total. The van der Waals surface area contributed by atoms with Crippen molar-refractivity contribution in [3.05, 3.63) is 77.1 Å². The van der Waals surface area contributed by atoms with Gasteiger partial charge >= 0.3 is 6.18 Å². The van der Waals surface area contributed by atoms with E-state index in [0.717, 1.165) is 28.6 Å². The van der Waals surface area contributed by atoms with Crippen molar-refractivity contribution in [1.82, 2.24) is 5.32 Å². The Kier molecular flexibility index (Phi) is 8.10. The summed E-state index contributed by atoms with van der Waals surface area (Å²) in [6, 6.07) is 11.8. The number of fused-ring (bicyclic) bond motifs is 1. The molecule has 1 amide bonds. The maximum Gasteiger partial charge on any atom is 0.416 e. The number of sulfonamides is 1. The van der Waals surface area contributed by atoms with Gasteiger partial charge in [-0.25, -0.2) is 12.8 Å². The molecule has 0 aliphatic carbocycles. The van der Waals surface area contributed by atoms with Gasteiger partial charge in [0, 0.05) is 5.56 Å². The maximum atomic E-state index is 14.1. The van der Waals surface area contributed by atoms with Gasteiger partial charge in [-0.15, -0.1) is 0 Å². The van der Waals surface area contributed by atoms with Crippen LogP contribution >= 0.6 is 11.6 Å². The fourth-order valence-electron chi connectivity index (χ4n) is 3.97. The highest BCUT2D eigenvalue weighted by Crippen LogP contribution is 2.42. The number of rotatable bonds is 7. The molecule has 0 spiro atoms. The highest BCUT2D eigenvalue weighted by molar-refractivity contribution is 7.92. The van der Waals surface area contributed by atoms with E-state index in [1.165, 1.54) is 37.3 Å². The monoisotopic (exact) mass is 586 g/mol. The Balaban J connectivity index is 1.78. The molecule has 4 rings (SSSR count). The summed E-state index contributed by atoms with van der Waals surface area (Å²) >= 11 is 6.12. The zero-order chi connectivity index (χ0) is 28.5. The predicted molar refractivity (Wildman–Crippen MR) is 136 cm³/mol. The molecule has 1 aliphatic heterocycles. The van der Waals surface area contributed by atoms with Crippen LogP contribution in [0.1, 0.15) is 12.5 Å². The van der Waals surface area contributed by atoms with Crippen LogP contribution in [0.4, 0.5) is 23.2 Å². The lowest BCUT2D eigenvalue weighted by Gasteiger charge is -2.36. The van der Waals surface area contributed by atoms with Crippen molar-refractivity contribution in [3.63, 3.8) is 0 Å². The standard InChI is InChI=1S/C26H23ClF4N2O5S/c1-15(14-34)25(35)32-12-18-13-33(39(36,37)19-5-2-4-17(11-19)26(29,30)31)22-10-16(8-9-23(22)38-18)20-6-3-7-21(28)24(20)27/h2-11,15,18,34H,12-14H2,1H3,(H,32,35)/t15?,18-/m0/s1. The van der Waals surface area contributed by atoms with Crippen molar-refractivity contribution < 1.29 is 40.6 Å². The number of hydrogen-bond donors (Lipinski definition) is 2. The number of carbonyl (C=O) groups excluding carboxylic acids is 1. The number of aliphatic hydroxyl groups excluding tert-OH is 1. The molecular weight excluding hydrogens is 564 g/mol. The summed E-state index contributed by atoms with van der Waals surface area (Å²) in [5.41, 5.74) is -0.534. The van der Waals surface area contributed by atoms with Crippen molar-refractivity contribution in [2.75, 3.05) is 24.0 Å². The largest absolute Gasteiger partial charge is 0.484 e. The second-order valence-corrected chi connectivity index (χ2v) is 11.2. The molecule has 1 heterocycles. The molecular formula is C26H23ClF4N2O5S. The van der Waals surface area contributed by atoms with Gasteiger partial charge in [0.15, 0.2) is 0 Å². The van der Waals surface area contributed by atoms with Crippen molar-refractivity contribution in [2.45, 2.75) is 24.1 Å². The van der Waals surface area contributed by atoms with Crippen LogP contribution in [0.15, 0.2) is 65.6 Å². The fourth-order valence-corrected chi connectivity index (χ4v) is 5.75. The number of hydrogen-bond acceptors (Lipinski definition) is 5. The smallest absolute Gasteiger partial charge is 0.416 e. The van der Waals surface area contributed by atoms with Gasteiger partial charge in [-0.2, -0.15) is 13.2 Å². The summed E-state index contributed by atoms with van der Waals surface area (Å²) in [4.78, 5) is 11.5. The molecule has 0 saturated heterocycles. The Hall–Kier alpha value is -3.35. The number of ether oxygens (including phenoxy) is 1. The zero-order valence-corrected chi connectivity index (χ0v) is 21.9. The number of anilines is 1. The molecule has 1 aliphatic rings. The minimum atomic E-state index is -4.77. The average Bonchev–Trinajstić information content (AvgIpc) is 2.91. The SMILES string of the molecule is CC(CO)C(=O)NC[C@H]1CN(S(=O)(=O)c2cccc(C(F)(F)F)c2)c2cc(-c3cccc(F)c3Cl)ccc2O1. The highest BCUT2D eigenvalue weighted by atomic mass is 35.5. The van der Waals surface area contributed by atoms with Gasteiger partial charge in [0.25, 0.3) is 10.0 Å². The summed E-state index contributed by atoms with van der Waals surface area (Å²) in [7, 11) is -4.57. The second-order valence-electron chi connectivity index (χ2n) is 8.91. The quantitative estimate of drug-likeness (QED) is 0.385. The number of nitrogens with zero attached hydrogens (tertiary/aromatic N) is 1. The van der Waals surface area contributed by atoms with Crippen LogP contribution in [0.2, 0.25) is 5.02 Å². The summed E-state index contributed by atoms with van der Waals surface area (Å²) < 4.78 is 88.4. The first-order valence-electron chi connectivity index (χ1n) is 11.7. The van der Waals surface area contributed by atoms with Gasteiger partial charge in [-0.3, -0.25) is 9.10 Å². The third-order valence-corrected chi connectivity index (χ3v) is 8.29. The van der Waals surface area contributed by atoms with E-state index in [1.807, 2.05) is 0 Å². The van der Waals surface area contributed by atoms with Crippen molar-refractivity contribution in [2.24, 2.45) is 5.92 Å². The van der Waals surface area contributed by atoms with Gasteiger partial charge in [0.05, 0.1) is 46.8 Å². The van der Waals surface area contributed by atoms with Crippen LogP contribution in [-0.4, -0.2) is 45.2 Å². The lowest BCUT2D eigenvalue weighted by Crippen LogP contribution is -2.49. The molecule has 208 valence electrons. The Morgan fingerprint density at radius 3 is 2.59 bits per heavy atom. The Bertz CT molecular complexity index is 1500. The first kappa shape index (κ1) is 28.7. The second kappa shape index (κ2) is 11.0. The average molecular weight is 587 g/mol. The normalized spacial score (nSPS) is 16.3. The van der Waals surface area contributed by atoms with Crippen LogP contribution in [0.5, 0.6) is 5.75 Å². The Labute approximate surface area is 227 Å². The lowest BCUT2D eigenvalue weighted by molar-refractivity contribution is -0.137. The minimum Gasteiger partial charge on any atom is -0.484 e. The van der Waals surface area contributed by atoms with E-state index < -0.39 is 57.0 Å². The molecule has 0 bridgehead atoms. The van der Waals surface area contributed by atoms with Crippen LogP contribution in [0.25, 0.3) is 11.1 Å². The molecule has 0 aromatic heterocycles. The van der Waals surface area contributed by atoms with Gasteiger partial charge in [-0.05, 0) is 42.0 Å². The van der Waals surface area contributed by atoms with E-state index in [4.69, 9.17) is 16.3 Å². The number of amides is 1. The third kappa shape index (κ3) is 5.97. The van der Waals surface area contributed by atoms with Gasteiger partial charge in [0.1, 0.15) is 17.7 Å². The van der Waals surface area contributed by atoms with E-state index in [9.17, 15) is 35.9 Å². The highest BCUT2D eigenvalue weighted by Gasteiger charge is 2.37. The molecule has 0 radical (unpaired) electrons. The molecule has 2 N–H and O–H groups in total. The van der Waals surface area contributed by atoms with Gasteiger partial charge in [-0.1, -0.05) is 42.8 Å². The molecule has 1 unspecified atom stereocenters. The van der Waals surface area contributed by atoms with Crippen LogP contribution < -0.4 is 14.4 Å². The van der Waals surface area contributed by atoms with Crippen molar-refractivity contribution >= 4 is 33.2 Å². The molecule has 13 heteroatoms. The number of carbonyl (C=O) groups is 1. The molecule has 2 atom stereocenters. The molecule has 39 heavy (non-hydrogen) atoms. The van der Waals surface area contributed by atoms with Crippen LogP contribution in [-0.2, 0) is 21.0 Å². The number of alkyl halides is 3. The zero-order valence-electron chi connectivity index (χ0n) is 20.4. The van der Waals surface area contributed by atoms with E-state index in [-0.39, 0.29) is 35.1 Å². The van der Waals surface area contributed by atoms with E-state index in [0.29, 0.717) is 11.6 Å². The van der Waals surface area contributed by atoms with E-state index in [2.05, 4.69) is 5.32 Å². The maximum absolute atomic E-state index is 14.1. The van der Waals surface area contributed by atoms with Gasteiger partial charge < -0.3 is 15.2 Å². The minimum absolute atomic E-state index is 0.00320. The molecule has 3 aromatic carbocycles. The van der Waals surface area contributed by atoms with E-state index >= 15 is 0 Å². The fraction of sp³-hybridized carbons (Fsp3) is 0.269.